The number of nitro benzene ring substituents is 1. The van der Waals surface area contributed by atoms with Gasteiger partial charge in [0, 0.05) is 25.3 Å². The van der Waals surface area contributed by atoms with Crippen molar-refractivity contribution in [3.8, 4) is 11.5 Å². The fourth-order valence-corrected chi connectivity index (χ4v) is 3.12. The molecule has 0 radical (unpaired) electrons. The fourth-order valence-electron chi connectivity index (χ4n) is 3.12. The van der Waals surface area contributed by atoms with Crippen molar-refractivity contribution in [3.05, 3.63) is 82.1 Å². The first-order valence-corrected chi connectivity index (χ1v) is 12.7. The number of nitrogens with one attached hydrogen (secondary N) is 1. The Morgan fingerprint density at radius 1 is 1.18 bits per heavy atom. The van der Waals surface area contributed by atoms with E-state index in [1.54, 1.807) is 25.1 Å². The predicted molar refractivity (Wildman–Crippen MR) is 156 cm³/mol. The molecule has 2 aromatic rings. The molecule has 0 spiro atoms. The Kier molecular flexibility index (Phi) is 16.5. The summed E-state index contributed by atoms with van der Waals surface area (Å²) in [5.74, 6) is -1.09. The molecular weight excluding hydrogens is 518 g/mol. The van der Waals surface area contributed by atoms with E-state index in [-0.39, 0.29) is 35.8 Å². The number of hydrogen-bond acceptors (Lipinski definition) is 8. The smallest absolute Gasteiger partial charge is 0.326 e. The molecule has 0 aliphatic heterocycles. The molecular formula is C29H41N3O8. The molecule has 1 unspecified atom stereocenters. The molecule has 0 saturated heterocycles. The standard InChI is InChI=1S/C15H21N3O5.C11H14O3.C3H6/c1-4-8-17(3)10-6-7-13(18(22)23)11(9-10)14(19)16-12(5-2)15(20)21;1-3-8(2)14-7-9-10(12)5-4-6-11(9)13;1-3-2/h6-7,9,12H,4-5,8H2,1-3H3,(H,16,19)(H,20,21);3-6,12-13H,7H2,1-2H3;3H,1H2,2H3/b;8-3+;. The topological polar surface area (TPSA) is 162 Å². The summed E-state index contributed by atoms with van der Waals surface area (Å²) in [4.78, 5) is 35.6. The number of rotatable bonds is 11. The third kappa shape index (κ3) is 11.9. The van der Waals surface area contributed by atoms with Gasteiger partial charge in [0.1, 0.15) is 29.7 Å². The lowest BCUT2D eigenvalue weighted by atomic mass is 10.1. The van der Waals surface area contributed by atoms with E-state index in [4.69, 9.17) is 9.84 Å². The summed E-state index contributed by atoms with van der Waals surface area (Å²) < 4.78 is 5.28. The zero-order valence-corrected chi connectivity index (χ0v) is 24.0. The summed E-state index contributed by atoms with van der Waals surface area (Å²) in [6.45, 7) is 13.4. The number of nitrogens with zero attached hydrogens (tertiary/aromatic N) is 2. The van der Waals surface area contributed by atoms with Crippen molar-refractivity contribution in [2.45, 2.75) is 60.1 Å². The van der Waals surface area contributed by atoms with E-state index in [0.717, 1.165) is 18.7 Å². The van der Waals surface area contributed by atoms with Crippen LogP contribution < -0.4 is 10.2 Å². The Morgan fingerprint density at radius 2 is 1.75 bits per heavy atom. The zero-order valence-electron chi connectivity index (χ0n) is 24.0. The van der Waals surface area contributed by atoms with E-state index in [9.17, 15) is 29.9 Å². The molecule has 11 nitrogen and oxygen atoms in total. The molecule has 2 aromatic carbocycles. The predicted octanol–water partition coefficient (Wildman–Crippen LogP) is 5.76. The van der Waals surface area contributed by atoms with Crippen LogP contribution in [0.1, 0.15) is 63.4 Å². The first kappa shape index (κ1) is 35.5. The number of allylic oxidation sites excluding steroid dienone is 3. The molecule has 0 aromatic heterocycles. The second-order valence-electron chi connectivity index (χ2n) is 8.52. The summed E-state index contributed by atoms with van der Waals surface area (Å²) >= 11 is 0. The largest absolute Gasteiger partial charge is 0.507 e. The maximum atomic E-state index is 12.3. The third-order valence-corrected chi connectivity index (χ3v) is 5.41. The first-order chi connectivity index (χ1) is 18.9. The van der Waals surface area contributed by atoms with Gasteiger partial charge in [-0.25, -0.2) is 4.79 Å². The molecule has 1 atom stereocenters. The van der Waals surface area contributed by atoms with Crippen LogP contribution in [-0.2, 0) is 16.1 Å². The molecule has 220 valence electrons. The molecule has 0 bridgehead atoms. The van der Waals surface area contributed by atoms with Crippen molar-refractivity contribution < 1.29 is 34.6 Å². The van der Waals surface area contributed by atoms with Crippen LogP contribution in [-0.4, -0.2) is 51.8 Å². The summed E-state index contributed by atoms with van der Waals surface area (Å²) in [6.07, 6.45) is 4.63. The highest BCUT2D eigenvalue weighted by molar-refractivity contribution is 6.00. The van der Waals surface area contributed by atoms with E-state index in [0.29, 0.717) is 11.3 Å². The lowest BCUT2D eigenvalue weighted by molar-refractivity contribution is -0.385. The molecule has 40 heavy (non-hydrogen) atoms. The van der Waals surface area contributed by atoms with Crippen LogP contribution >= 0.6 is 0 Å². The van der Waals surface area contributed by atoms with E-state index in [1.807, 2.05) is 45.7 Å². The summed E-state index contributed by atoms with van der Waals surface area (Å²) in [7, 11) is 1.82. The minimum atomic E-state index is -1.18. The first-order valence-electron chi connectivity index (χ1n) is 12.7. The summed E-state index contributed by atoms with van der Waals surface area (Å²) in [5, 5.41) is 41.3. The maximum Gasteiger partial charge on any atom is 0.326 e. The third-order valence-electron chi connectivity index (χ3n) is 5.41. The Hall–Kier alpha value is -4.54. The van der Waals surface area contributed by atoms with Gasteiger partial charge in [0.2, 0.25) is 0 Å². The van der Waals surface area contributed by atoms with Gasteiger partial charge < -0.3 is 30.3 Å². The number of nitro groups is 1. The van der Waals surface area contributed by atoms with Crippen molar-refractivity contribution in [1.29, 1.82) is 0 Å². The van der Waals surface area contributed by atoms with Crippen LogP contribution in [0.3, 0.4) is 0 Å². The summed E-state index contributed by atoms with van der Waals surface area (Å²) in [6, 6.07) is 7.78. The van der Waals surface area contributed by atoms with Crippen LogP contribution in [0.25, 0.3) is 0 Å². The van der Waals surface area contributed by atoms with Crippen LogP contribution in [0.4, 0.5) is 11.4 Å². The molecule has 2 rings (SSSR count). The van der Waals surface area contributed by atoms with Gasteiger partial charge in [-0.2, -0.15) is 0 Å². The van der Waals surface area contributed by atoms with Gasteiger partial charge in [-0.15, -0.1) is 6.58 Å². The molecule has 0 aliphatic rings. The lowest BCUT2D eigenvalue weighted by Gasteiger charge is -2.19. The van der Waals surface area contributed by atoms with Crippen LogP contribution in [0.15, 0.2) is 60.9 Å². The van der Waals surface area contributed by atoms with Crippen LogP contribution in [0.2, 0.25) is 0 Å². The fraction of sp³-hybridized carbons (Fsp3) is 0.379. The van der Waals surface area contributed by atoms with Gasteiger partial charge in [0.05, 0.1) is 16.2 Å². The van der Waals surface area contributed by atoms with Crippen molar-refractivity contribution in [1.82, 2.24) is 5.32 Å². The molecule has 0 aliphatic carbocycles. The second-order valence-corrected chi connectivity index (χ2v) is 8.52. The van der Waals surface area contributed by atoms with Gasteiger partial charge in [0.15, 0.2) is 0 Å². The van der Waals surface area contributed by atoms with Crippen molar-refractivity contribution >= 4 is 23.3 Å². The van der Waals surface area contributed by atoms with Crippen molar-refractivity contribution in [2.24, 2.45) is 0 Å². The SMILES string of the molecule is C/C=C(\C)OCc1c(O)cccc1O.C=CC.CCCN(C)c1ccc([N+](=O)[O-])c(C(=O)NC(CC)C(=O)O)c1. The van der Waals surface area contributed by atoms with E-state index in [1.165, 1.54) is 24.3 Å². The number of carboxylic acid groups (broad SMARTS) is 1. The minimum absolute atomic E-state index is 0.0499. The number of carboxylic acids is 1. The molecule has 0 fully saturated rings. The maximum absolute atomic E-state index is 12.3. The minimum Gasteiger partial charge on any atom is -0.507 e. The normalized spacial score (nSPS) is 11.0. The number of carbonyl (C=O) groups is 2. The number of phenolic OH excluding ortho intramolecular Hbond substituents is 2. The van der Waals surface area contributed by atoms with Crippen molar-refractivity contribution in [2.75, 3.05) is 18.5 Å². The van der Waals surface area contributed by atoms with E-state index in [2.05, 4.69) is 11.9 Å². The summed E-state index contributed by atoms with van der Waals surface area (Å²) in [5.41, 5.74) is 0.575. The monoisotopic (exact) mass is 559 g/mol. The number of hydrogen-bond donors (Lipinski definition) is 4. The van der Waals surface area contributed by atoms with Crippen LogP contribution in [0, 0.1) is 10.1 Å². The molecule has 0 heterocycles. The molecule has 11 heteroatoms. The number of ether oxygens (including phenoxy) is 1. The highest BCUT2D eigenvalue weighted by atomic mass is 16.6. The number of benzene rings is 2. The number of aliphatic carboxylic acids is 1. The average molecular weight is 560 g/mol. The average Bonchev–Trinajstić information content (AvgIpc) is 2.91. The highest BCUT2D eigenvalue weighted by Gasteiger charge is 2.25. The van der Waals surface area contributed by atoms with Gasteiger partial charge in [-0.1, -0.05) is 26.0 Å². The Labute approximate surface area is 235 Å². The van der Waals surface area contributed by atoms with Crippen LogP contribution in [0.5, 0.6) is 11.5 Å². The highest BCUT2D eigenvalue weighted by Crippen LogP contribution is 2.27. The number of aromatic hydroxyl groups is 2. The number of carbonyl (C=O) groups excluding carboxylic acids is 1. The van der Waals surface area contributed by atoms with Gasteiger partial charge in [0.25, 0.3) is 11.6 Å². The zero-order chi connectivity index (χ0) is 30.8. The Morgan fingerprint density at radius 3 is 2.20 bits per heavy atom. The van der Waals surface area contributed by atoms with Gasteiger partial charge >= 0.3 is 5.97 Å². The van der Waals surface area contributed by atoms with Crippen molar-refractivity contribution in [3.63, 3.8) is 0 Å². The number of amides is 1. The number of phenols is 2. The Balaban J connectivity index is 0.000000759. The van der Waals surface area contributed by atoms with Gasteiger partial charge in [-0.3, -0.25) is 14.9 Å². The quantitative estimate of drug-likeness (QED) is 0.116. The Bertz CT molecular complexity index is 1140. The molecule has 4 N–H and O–H groups in total. The lowest BCUT2D eigenvalue weighted by Crippen LogP contribution is -2.40. The second kappa shape index (κ2) is 18.7. The van der Waals surface area contributed by atoms with E-state index < -0.39 is 22.8 Å². The number of anilines is 1. The molecule has 1 amide bonds. The van der Waals surface area contributed by atoms with Gasteiger partial charge in [-0.05, 0) is 64.0 Å². The van der Waals surface area contributed by atoms with E-state index >= 15 is 0 Å². The molecule has 0 saturated carbocycles.